The van der Waals surface area contributed by atoms with E-state index in [-0.39, 0.29) is 5.91 Å². The number of hydrogen-bond acceptors (Lipinski definition) is 5. The van der Waals surface area contributed by atoms with E-state index in [4.69, 9.17) is 9.47 Å². The highest BCUT2D eigenvalue weighted by molar-refractivity contribution is 5.95. The minimum atomic E-state index is -0.0617. The molecule has 1 amide bonds. The Morgan fingerprint density at radius 1 is 1.31 bits per heavy atom. The van der Waals surface area contributed by atoms with E-state index in [1.54, 1.807) is 19.4 Å². The van der Waals surface area contributed by atoms with Crippen LogP contribution < -0.4 is 15.0 Å². The van der Waals surface area contributed by atoms with Gasteiger partial charge in [-0.1, -0.05) is 6.07 Å². The first-order chi connectivity index (χ1) is 12.8. The molecule has 2 heterocycles. The van der Waals surface area contributed by atoms with E-state index in [2.05, 4.69) is 15.2 Å². The van der Waals surface area contributed by atoms with E-state index in [9.17, 15) is 4.79 Å². The van der Waals surface area contributed by atoms with Crippen molar-refractivity contribution in [1.29, 1.82) is 0 Å². The van der Waals surface area contributed by atoms with E-state index in [0.29, 0.717) is 25.3 Å². The average molecular weight is 355 g/mol. The largest absolute Gasteiger partial charge is 0.495 e. The quantitative estimate of drug-likeness (QED) is 0.772. The summed E-state index contributed by atoms with van der Waals surface area (Å²) in [6.45, 7) is 3.60. The molecule has 0 unspecified atom stereocenters. The molecule has 0 aliphatic carbocycles. The predicted octanol–water partition coefficient (Wildman–Crippen LogP) is 2.29. The first-order valence-electron chi connectivity index (χ1n) is 8.96. The highest BCUT2D eigenvalue weighted by Crippen LogP contribution is 2.30. The van der Waals surface area contributed by atoms with Gasteiger partial charge >= 0.3 is 0 Å². The number of benzene rings is 1. The van der Waals surface area contributed by atoms with Crippen molar-refractivity contribution in [2.24, 2.45) is 0 Å². The van der Waals surface area contributed by atoms with Crippen LogP contribution in [0.15, 0.2) is 42.7 Å². The summed E-state index contributed by atoms with van der Waals surface area (Å²) in [5.41, 5.74) is 2.77. The van der Waals surface area contributed by atoms with Crippen molar-refractivity contribution in [3.63, 3.8) is 0 Å². The number of methoxy groups -OCH3 is 1. The number of carbonyl (C=O) groups excluding carboxylic acids is 1. The zero-order chi connectivity index (χ0) is 18.2. The molecule has 0 atom stereocenters. The Morgan fingerprint density at radius 2 is 2.15 bits per heavy atom. The monoisotopic (exact) mass is 355 g/mol. The van der Waals surface area contributed by atoms with Gasteiger partial charge in [-0.15, -0.1) is 0 Å². The van der Waals surface area contributed by atoms with Crippen LogP contribution in [0.2, 0.25) is 0 Å². The molecule has 3 rings (SSSR count). The Labute approximate surface area is 154 Å². The minimum Gasteiger partial charge on any atom is -0.495 e. The van der Waals surface area contributed by atoms with Gasteiger partial charge in [-0.05, 0) is 42.7 Å². The molecule has 1 aliphatic heterocycles. The van der Waals surface area contributed by atoms with E-state index >= 15 is 0 Å². The van der Waals surface area contributed by atoms with Crippen LogP contribution in [0.25, 0.3) is 0 Å². The summed E-state index contributed by atoms with van der Waals surface area (Å²) < 4.78 is 10.9. The van der Waals surface area contributed by atoms with Crippen LogP contribution in [0, 0.1) is 0 Å². The summed E-state index contributed by atoms with van der Waals surface area (Å²) in [4.78, 5) is 18.8. The molecule has 6 heteroatoms. The Hall–Kier alpha value is -2.60. The molecule has 1 aliphatic rings. The van der Waals surface area contributed by atoms with E-state index < -0.39 is 0 Å². The molecule has 6 nitrogen and oxygen atoms in total. The number of hydrogen-bond donors (Lipinski definition) is 1. The number of carbonyl (C=O) groups is 1. The second-order valence-electron chi connectivity index (χ2n) is 6.21. The highest BCUT2D eigenvalue weighted by atomic mass is 16.5. The number of anilines is 1. The maximum Gasteiger partial charge on any atom is 0.251 e. The van der Waals surface area contributed by atoms with Gasteiger partial charge in [0.2, 0.25) is 0 Å². The van der Waals surface area contributed by atoms with Crippen LogP contribution >= 0.6 is 0 Å². The smallest absolute Gasteiger partial charge is 0.251 e. The van der Waals surface area contributed by atoms with Crippen LogP contribution in [-0.4, -0.2) is 50.8 Å². The number of rotatable bonds is 7. The van der Waals surface area contributed by atoms with Crippen LogP contribution in [0.1, 0.15) is 22.3 Å². The summed E-state index contributed by atoms with van der Waals surface area (Å²) in [7, 11) is 1.65. The number of nitrogens with zero attached hydrogens (tertiary/aromatic N) is 2. The van der Waals surface area contributed by atoms with Crippen molar-refractivity contribution in [3.8, 4) is 5.75 Å². The second-order valence-corrected chi connectivity index (χ2v) is 6.21. The van der Waals surface area contributed by atoms with Crippen molar-refractivity contribution in [2.75, 3.05) is 44.9 Å². The van der Waals surface area contributed by atoms with Gasteiger partial charge in [0.25, 0.3) is 5.91 Å². The van der Waals surface area contributed by atoms with Gasteiger partial charge in [-0.25, -0.2) is 0 Å². The standard InChI is InChI=1S/C20H25N3O3/c1-25-19-7-6-17(14-18(19)23-10-12-26-13-11-23)20(24)22-9-3-5-16-4-2-8-21-15-16/h2,4,6-8,14-15H,3,5,9-13H2,1H3,(H,22,24). The van der Waals surface area contributed by atoms with Crippen molar-refractivity contribution in [1.82, 2.24) is 10.3 Å². The maximum absolute atomic E-state index is 12.5. The van der Waals surface area contributed by atoms with Gasteiger partial charge in [0.05, 0.1) is 26.0 Å². The third-order valence-electron chi connectivity index (χ3n) is 4.44. The number of pyridine rings is 1. The number of aromatic nitrogens is 1. The Bertz CT molecular complexity index is 715. The van der Waals surface area contributed by atoms with Crippen LogP contribution in [0.5, 0.6) is 5.75 Å². The van der Waals surface area contributed by atoms with E-state index in [1.807, 2.05) is 30.5 Å². The SMILES string of the molecule is COc1ccc(C(=O)NCCCc2cccnc2)cc1N1CCOCC1. The molecular formula is C20H25N3O3. The lowest BCUT2D eigenvalue weighted by molar-refractivity contribution is 0.0953. The Morgan fingerprint density at radius 3 is 2.88 bits per heavy atom. The number of aryl methyl sites for hydroxylation is 1. The van der Waals surface area contributed by atoms with Gasteiger partial charge in [0.15, 0.2) is 0 Å². The van der Waals surface area contributed by atoms with Gasteiger partial charge in [0.1, 0.15) is 5.75 Å². The fraction of sp³-hybridized carbons (Fsp3) is 0.400. The topological polar surface area (TPSA) is 63.7 Å². The summed E-state index contributed by atoms with van der Waals surface area (Å²) in [6, 6.07) is 9.54. The number of amides is 1. The van der Waals surface area contributed by atoms with Gasteiger partial charge in [-0.2, -0.15) is 0 Å². The highest BCUT2D eigenvalue weighted by Gasteiger charge is 2.17. The summed E-state index contributed by atoms with van der Waals surface area (Å²) in [5, 5.41) is 2.99. The molecule has 0 bridgehead atoms. The molecular weight excluding hydrogens is 330 g/mol. The van der Waals surface area contributed by atoms with Crippen LogP contribution in [-0.2, 0) is 11.2 Å². The Kier molecular flexibility index (Phi) is 6.44. The molecule has 1 aromatic heterocycles. The molecule has 1 N–H and O–H groups in total. The fourth-order valence-electron chi connectivity index (χ4n) is 3.03. The third-order valence-corrected chi connectivity index (χ3v) is 4.44. The summed E-state index contributed by atoms with van der Waals surface area (Å²) in [6.07, 6.45) is 5.40. The normalized spacial score (nSPS) is 14.1. The molecule has 1 saturated heterocycles. The first-order valence-corrected chi connectivity index (χ1v) is 8.96. The fourth-order valence-corrected chi connectivity index (χ4v) is 3.03. The molecule has 1 aromatic carbocycles. The number of nitrogens with one attached hydrogen (secondary N) is 1. The van der Waals surface area contributed by atoms with Crippen molar-refractivity contribution >= 4 is 11.6 Å². The first kappa shape index (κ1) is 18.2. The zero-order valence-electron chi connectivity index (χ0n) is 15.1. The number of ether oxygens (including phenoxy) is 2. The van der Waals surface area contributed by atoms with Gasteiger partial charge in [0, 0.05) is 37.6 Å². The van der Waals surface area contributed by atoms with Crippen molar-refractivity contribution in [2.45, 2.75) is 12.8 Å². The van der Waals surface area contributed by atoms with Crippen LogP contribution in [0.3, 0.4) is 0 Å². The van der Waals surface area contributed by atoms with E-state index in [0.717, 1.165) is 37.4 Å². The van der Waals surface area contributed by atoms with Crippen molar-refractivity contribution < 1.29 is 14.3 Å². The second kappa shape index (κ2) is 9.20. The predicted molar refractivity (Wildman–Crippen MR) is 101 cm³/mol. The van der Waals surface area contributed by atoms with Crippen LogP contribution in [0.4, 0.5) is 5.69 Å². The number of morpholine rings is 1. The van der Waals surface area contributed by atoms with Crippen molar-refractivity contribution in [3.05, 3.63) is 53.9 Å². The molecule has 1 fully saturated rings. The van der Waals surface area contributed by atoms with E-state index in [1.165, 1.54) is 5.56 Å². The van der Waals surface area contributed by atoms with Gasteiger partial charge < -0.3 is 19.7 Å². The summed E-state index contributed by atoms with van der Waals surface area (Å²) in [5.74, 6) is 0.716. The lowest BCUT2D eigenvalue weighted by atomic mass is 10.1. The lowest BCUT2D eigenvalue weighted by Gasteiger charge is -2.30. The molecule has 0 radical (unpaired) electrons. The third kappa shape index (κ3) is 4.73. The molecule has 2 aromatic rings. The molecule has 26 heavy (non-hydrogen) atoms. The minimum absolute atomic E-state index is 0.0617. The molecule has 0 saturated carbocycles. The van der Waals surface area contributed by atoms with Gasteiger partial charge in [-0.3, -0.25) is 9.78 Å². The zero-order valence-corrected chi connectivity index (χ0v) is 15.1. The molecule has 138 valence electrons. The average Bonchev–Trinajstić information content (AvgIpc) is 2.72. The Balaban J connectivity index is 1.58. The lowest BCUT2D eigenvalue weighted by Crippen LogP contribution is -2.36. The molecule has 0 spiro atoms. The summed E-state index contributed by atoms with van der Waals surface area (Å²) >= 11 is 0. The maximum atomic E-state index is 12.5.